The van der Waals surface area contributed by atoms with Gasteiger partial charge < -0.3 is 9.84 Å². The first-order valence-corrected chi connectivity index (χ1v) is 7.59. The van der Waals surface area contributed by atoms with Gasteiger partial charge in [-0.3, -0.25) is 5.10 Å². The Bertz CT molecular complexity index is 727. The van der Waals surface area contributed by atoms with Crippen LogP contribution >= 0.6 is 0 Å². The van der Waals surface area contributed by atoms with E-state index in [1.165, 1.54) is 13.3 Å². The molecule has 0 unspecified atom stereocenters. The van der Waals surface area contributed by atoms with E-state index in [-0.39, 0.29) is 17.1 Å². The maximum absolute atomic E-state index is 12.2. The topological polar surface area (TPSA) is 117 Å². The summed E-state index contributed by atoms with van der Waals surface area (Å²) in [6.07, 6.45) is 1.53. The van der Waals surface area contributed by atoms with Gasteiger partial charge in [0.05, 0.1) is 13.7 Å². The molecule has 0 aliphatic rings. The molecule has 0 aromatic carbocycles. The van der Waals surface area contributed by atoms with Crippen LogP contribution in [0.25, 0.3) is 0 Å². The van der Waals surface area contributed by atoms with Crippen LogP contribution in [-0.2, 0) is 23.2 Å². The molecule has 2 aromatic rings. The third-order valence-corrected chi connectivity index (χ3v) is 4.29. The Morgan fingerprint density at radius 2 is 2.24 bits per heavy atom. The molecule has 0 saturated carbocycles. The van der Waals surface area contributed by atoms with Crippen molar-refractivity contribution >= 4 is 10.0 Å². The lowest BCUT2D eigenvalue weighted by atomic mass is 10.3. The van der Waals surface area contributed by atoms with E-state index in [1.54, 1.807) is 19.1 Å². The number of rotatable bonds is 6. The van der Waals surface area contributed by atoms with Gasteiger partial charge in [0.25, 0.3) is 10.0 Å². The molecule has 0 fully saturated rings. The highest BCUT2D eigenvalue weighted by Crippen LogP contribution is 2.16. The van der Waals surface area contributed by atoms with Crippen molar-refractivity contribution in [1.82, 2.24) is 19.9 Å². The van der Waals surface area contributed by atoms with Crippen LogP contribution in [0.4, 0.5) is 0 Å². The maximum Gasteiger partial charge on any atom is 0.260 e. The van der Waals surface area contributed by atoms with Crippen LogP contribution in [0.2, 0.25) is 0 Å². The molecule has 9 heteroatoms. The van der Waals surface area contributed by atoms with Crippen LogP contribution in [-0.4, -0.2) is 35.8 Å². The zero-order chi connectivity index (χ0) is 15.5. The monoisotopic (exact) mass is 312 g/mol. The molecular formula is C12H16N4O4S. The van der Waals surface area contributed by atoms with Crippen molar-refractivity contribution in [3.8, 4) is 5.88 Å². The molecule has 0 aliphatic carbocycles. The number of aromatic amines is 1. The molecule has 0 bridgehead atoms. The van der Waals surface area contributed by atoms with Crippen molar-refractivity contribution in [2.24, 2.45) is 0 Å². The summed E-state index contributed by atoms with van der Waals surface area (Å²) >= 11 is 0. The lowest BCUT2D eigenvalue weighted by molar-refractivity contribution is 0.277. The van der Waals surface area contributed by atoms with Crippen LogP contribution < -0.4 is 9.46 Å². The minimum Gasteiger partial charge on any atom is -0.481 e. The van der Waals surface area contributed by atoms with Crippen molar-refractivity contribution in [1.29, 1.82) is 0 Å². The lowest BCUT2D eigenvalue weighted by Gasteiger charge is -2.07. The smallest absolute Gasteiger partial charge is 0.260 e. The number of aromatic nitrogens is 3. The Morgan fingerprint density at radius 1 is 1.48 bits per heavy atom. The quantitative estimate of drug-likeness (QED) is 0.696. The van der Waals surface area contributed by atoms with E-state index in [1.807, 2.05) is 0 Å². The van der Waals surface area contributed by atoms with Crippen molar-refractivity contribution in [2.75, 3.05) is 7.11 Å². The molecular weight excluding hydrogens is 296 g/mol. The van der Waals surface area contributed by atoms with E-state index >= 15 is 0 Å². The highest BCUT2D eigenvalue weighted by Gasteiger charge is 2.23. The predicted octanol–water partition coefficient (Wildman–Crippen LogP) is 0.0925. The van der Waals surface area contributed by atoms with Gasteiger partial charge in [-0.05, 0) is 18.6 Å². The van der Waals surface area contributed by atoms with E-state index in [0.717, 1.165) is 0 Å². The van der Waals surface area contributed by atoms with Crippen LogP contribution in [0.15, 0.2) is 23.4 Å². The average molecular weight is 312 g/mol. The van der Waals surface area contributed by atoms with E-state index in [9.17, 15) is 13.5 Å². The van der Waals surface area contributed by atoms with E-state index < -0.39 is 16.6 Å². The van der Waals surface area contributed by atoms with Gasteiger partial charge in [0.1, 0.15) is 0 Å². The summed E-state index contributed by atoms with van der Waals surface area (Å²) in [4.78, 5) is 3.94. The summed E-state index contributed by atoms with van der Waals surface area (Å²) in [7, 11) is -2.33. The Morgan fingerprint density at radius 3 is 2.90 bits per heavy atom. The molecule has 0 spiro atoms. The fourth-order valence-electron chi connectivity index (χ4n) is 1.76. The second-order valence-corrected chi connectivity index (χ2v) is 6.00. The minimum atomic E-state index is -3.81. The second-order valence-electron chi connectivity index (χ2n) is 4.32. The van der Waals surface area contributed by atoms with Gasteiger partial charge >= 0.3 is 0 Å². The Labute approximate surface area is 122 Å². The summed E-state index contributed by atoms with van der Waals surface area (Å²) in [5.74, 6) is 0.401. The first-order chi connectivity index (χ1) is 9.97. The number of nitrogens with zero attached hydrogens (tertiary/aromatic N) is 2. The molecule has 114 valence electrons. The normalized spacial score (nSPS) is 11.6. The van der Waals surface area contributed by atoms with Crippen molar-refractivity contribution < 1.29 is 18.3 Å². The van der Waals surface area contributed by atoms with Gasteiger partial charge in [-0.15, -0.1) is 0 Å². The van der Waals surface area contributed by atoms with Gasteiger partial charge in [0.2, 0.25) is 5.88 Å². The Hall–Kier alpha value is -1.97. The summed E-state index contributed by atoms with van der Waals surface area (Å²) in [5.41, 5.74) is 1.47. The van der Waals surface area contributed by atoms with Crippen molar-refractivity contribution in [3.63, 3.8) is 0 Å². The molecule has 8 nitrogen and oxygen atoms in total. The lowest BCUT2D eigenvalue weighted by Crippen LogP contribution is -2.24. The number of ether oxygens (including phenoxy) is 1. The molecule has 2 heterocycles. The van der Waals surface area contributed by atoms with Gasteiger partial charge in [0.15, 0.2) is 5.03 Å². The van der Waals surface area contributed by atoms with Crippen LogP contribution in [0.1, 0.15) is 16.8 Å². The highest BCUT2D eigenvalue weighted by atomic mass is 32.2. The Balaban J connectivity index is 2.17. The summed E-state index contributed by atoms with van der Waals surface area (Å²) in [6.45, 7) is 1.31. The molecule has 0 atom stereocenters. The zero-order valence-corrected chi connectivity index (χ0v) is 12.4. The highest BCUT2D eigenvalue weighted by molar-refractivity contribution is 7.89. The fraction of sp³-hybridized carbons (Fsp3) is 0.333. The summed E-state index contributed by atoms with van der Waals surface area (Å²) in [5, 5.41) is 15.3. The maximum atomic E-state index is 12.2. The zero-order valence-electron chi connectivity index (χ0n) is 11.6. The molecule has 2 rings (SSSR count). The number of hydrogen-bond donors (Lipinski definition) is 3. The van der Waals surface area contributed by atoms with Gasteiger partial charge in [-0.2, -0.15) is 5.10 Å². The van der Waals surface area contributed by atoms with E-state index in [2.05, 4.69) is 19.9 Å². The van der Waals surface area contributed by atoms with Crippen molar-refractivity contribution in [3.05, 3.63) is 35.2 Å². The number of aliphatic hydroxyl groups is 1. The van der Waals surface area contributed by atoms with Gasteiger partial charge in [-0.1, -0.05) is 0 Å². The van der Waals surface area contributed by atoms with Crippen LogP contribution in [0.5, 0.6) is 5.88 Å². The number of hydrogen-bond acceptors (Lipinski definition) is 6. The van der Waals surface area contributed by atoms with Gasteiger partial charge in [0, 0.05) is 30.1 Å². The predicted molar refractivity (Wildman–Crippen MR) is 74.1 cm³/mol. The number of H-pyrrole nitrogens is 1. The molecule has 0 saturated heterocycles. The molecule has 0 radical (unpaired) electrons. The van der Waals surface area contributed by atoms with Crippen LogP contribution in [0.3, 0.4) is 0 Å². The molecule has 21 heavy (non-hydrogen) atoms. The standard InChI is InChI=1S/C12H16N4O4S/c1-8-10(7-17)12(16-15-8)21(18,19)14-6-9-3-4-13-11(5-9)20-2/h3-5,14,17H,6-7H2,1-2H3,(H,15,16). The van der Waals surface area contributed by atoms with Gasteiger partial charge in [-0.25, -0.2) is 18.1 Å². The largest absolute Gasteiger partial charge is 0.481 e. The van der Waals surface area contributed by atoms with E-state index in [0.29, 0.717) is 17.1 Å². The fourth-order valence-corrected chi connectivity index (χ4v) is 2.96. The molecule has 0 amide bonds. The molecule has 2 aromatic heterocycles. The number of aliphatic hydroxyl groups excluding tert-OH is 1. The Kier molecular flexibility index (Phi) is 4.56. The molecule has 3 N–H and O–H groups in total. The third kappa shape index (κ3) is 3.38. The number of nitrogens with one attached hydrogen (secondary N) is 2. The number of aryl methyl sites for hydroxylation is 1. The SMILES string of the molecule is COc1cc(CNS(=O)(=O)c2n[nH]c(C)c2CO)ccn1. The first-order valence-electron chi connectivity index (χ1n) is 6.11. The number of sulfonamides is 1. The first kappa shape index (κ1) is 15.4. The third-order valence-electron chi connectivity index (χ3n) is 2.92. The number of pyridine rings is 1. The van der Waals surface area contributed by atoms with Crippen molar-refractivity contribution in [2.45, 2.75) is 25.1 Å². The second kappa shape index (κ2) is 6.20. The summed E-state index contributed by atoms with van der Waals surface area (Å²) < 4.78 is 31.8. The van der Waals surface area contributed by atoms with E-state index in [4.69, 9.17) is 4.74 Å². The van der Waals surface area contributed by atoms with Crippen LogP contribution in [0, 0.1) is 6.92 Å². The average Bonchev–Trinajstić information content (AvgIpc) is 2.87. The molecule has 0 aliphatic heterocycles. The number of methoxy groups -OCH3 is 1. The minimum absolute atomic E-state index is 0.0674. The summed E-state index contributed by atoms with van der Waals surface area (Å²) in [6, 6.07) is 3.30.